The summed E-state index contributed by atoms with van der Waals surface area (Å²) in [6.45, 7) is 5.64. The van der Waals surface area contributed by atoms with Gasteiger partial charge in [0.05, 0.1) is 13.2 Å². The largest absolute Gasteiger partial charge is 0.375 e. The lowest BCUT2D eigenvalue weighted by Gasteiger charge is -2.40. The Morgan fingerprint density at radius 3 is 2.64 bits per heavy atom. The van der Waals surface area contributed by atoms with Gasteiger partial charge in [0, 0.05) is 6.42 Å². The molecule has 1 aliphatic rings. The van der Waals surface area contributed by atoms with Gasteiger partial charge in [-0.1, -0.05) is 13.8 Å². The summed E-state index contributed by atoms with van der Waals surface area (Å²) in [5.74, 6) is 0.0546. The van der Waals surface area contributed by atoms with Crippen LogP contribution in [0.3, 0.4) is 0 Å². The van der Waals surface area contributed by atoms with E-state index in [4.69, 9.17) is 9.47 Å². The normalized spacial score (nSPS) is 18.7. The summed E-state index contributed by atoms with van der Waals surface area (Å²) in [6.07, 6.45) is 2.36. The lowest BCUT2D eigenvalue weighted by molar-refractivity contribution is -0.213. The Balaban J connectivity index is 2.11. The minimum atomic E-state index is -0.139. The van der Waals surface area contributed by atoms with Crippen molar-refractivity contribution in [3.8, 4) is 0 Å². The monoisotopic (exact) mass is 201 g/mol. The molecule has 82 valence electrons. The van der Waals surface area contributed by atoms with E-state index in [0.29, 0.717) is 26.4 Å². The van der Waals surface area contributed by atoms with Crippen molar-refractivity contribution in [2.75, 3.05) is 19.9 Å². The molecule has 1 heterocycles. The second-order valence-corrected chi connectivity index (χ2v) is 3.67. The van der Waals surface area contributed by atoms with Crippen molar-refractivity contribution in [1.82, 2.24) is 5.32 Å². The number of amides is 1. The highest BCUT2D eigenvalue weighted by Crippen LogP contribution is 2.24. The summed E-state index contributed by atoms with van der Waals surface area (Å²) in [6, 6.07) is 0. The third-order valence-electron chi connectivity index (χ3n) is 2.50. The van der Waals surface area contributed by atoms with Gasteiger partial charge in [0.2, 0.25) is 5.91 Å². The lowest BCUT2D eigenvalue weighted by atomic mass is 9.99. The molecule has 1 N–H and O–H groups in total. The Morgan fingerprint density at radius 2 is 2.21 bits per heavy atom. The van der Waals surface area contributed by atoms with E-state index < -0.39 is 0 Å². The molecule has 1 rings (SSSR count). The van der Waals surface area contributed by atoms with Crippen molar-refractivity contribution >= 4 is 5.91 Å². The average molecular weight is 201 g/mol. The Morgan fingerprint density at radius 1 is 1.50 bits per heavy atom. The molecule has 0 radical (unpaired) electrons. The second-order valence-electron chi connectivity index (χ2n) is 3.67. The smallest absolute Gasteiger partial charge is 0.221 e. The SMILES string of the molecule is CCCC(=O)NCOC1(CC)COC1. The van der Waals surface area contributed by atoms with Crippen molar-refractivity contribution in [3.05, 3.63) is 0 Å². The third kappa shape index (κ3) is 2.96. The van der Waals surface area contributed by atoms with Crippen LogP contribution in [-0.2, 0) is 14.3 Å². The molecular formula is C10H19NO3. The van der Waals surface area contributed by atoms with E-state index in [1.807, 2.05) is 6.92 Å². The molecule has 0 unspecified atom stereocenters. The number of carbonyl (C=O) groups is 1. The first-order valence-corrected chi connectivity index (χ1v) is 5.21. The van der Waals surface area contributed by atoms with E-state index in [9.17, 15) is 4.79 Å². The van der Waals surface area contributed by atoms with Crippen LogP contribution < -0.4 is 5.32 Å². The van der Waals surface area contributed by atoms with Gasteiger partial charge in [0.15, 0.2) is 0 Å². The summed E-state index contributed by atoms with van der Waals surface area (Å²) in [5, 5.41) is 2.73. The highest BCUT2D eigenvalue weighted by Gasteiger charge is 2.37. The van der Waals surface area contributed by atoms with E-state index >= 15 is 0 Å². The van der Waals surface area contributed by atoms with Crippen molar-refractivity contribution < 1.29 is 14.3 Å². The van der Waals surface area contributed by atoms with Crippen LogP contribution in [0.2, 0.25) is 0 Å². The Labute approximate surface area is 85.0 Å². The molecule has 4 nitrogen and oxygen atoms in total. The molecule has 0 spiro atoms. The van der Waals surface area contributed by atoms with Gasteiger partial charge < -0.3 is 14.8 Å². The Kier molecular flexibility index (Phi) is 4.35. The molecule has 0 aliphatic carbocycles. The number of ether oxygens (including phenoxy) is 2. The van der Waals surface area contributed by atoms with Gasteiger partial charge >= 0.3 is 0 Å². The van der Waals surface area contributed by atoms with Gasteiger partial charge in [0.25, 0.3) is 0 Å². The topological polar surface area (TPSA) is 47.6 Å². The molecular weight excluding hydrogens is 182 g/mol. The maximum Gasteiger partial charge on any atom is 0.221 e. The fourth-order valence-corrected chi connectivity index (χ4v) is 1.30. The fraction of sp³-hybridized carbons (Fsp3) is 0.900. The van der Waals surface area contributed by atoms with Gasteiger partial charge in [0.1, 0.15) is 12.3 Å². The number of rotatable bonds is 6. The number of hydrogen-bond donors (Lipinski definition) is 1. The third-order valence-corrected chi connectivity index (χ3v) is 2.50. The molecule has 0 saturated carbocycles. The zero-order chi connectivity index (χ0) is 10.4. The van der Waals surface area contributed by atoms with Crippen LogP contribution in [0.15, 0.2) is 0 Å². The molecule has 1 saturated heterocycles. The molecule has 4 heteroatoms. The highest BCUT2D eigenvalue weighted by molar-refractivity contribution is 5.75. The molecule has 0 bridgehead atoms. The molecule has 1 fully saturated rings. The summed E-state index contributed by atoms with van der Waals surface area (Å²) in [4.78, 5) is 11.1. The van der Waals surface area contributed by atoms with E-state index in [0.717, 1.165) is 12.8 Å². The van der Waals surface area contributed by atoms with Crippen LogP contribution >= 0.6 is 0 Å². The van der Waals surface area contributed by atoms with Gasteiger partial charge in [-0.15, -0.1) is 0 Å². The van der Waals surface area contributed by atoms with E-state index in [-0.39, 0.29) is 11.5 Å². The van der Waals surface area contributed by atoms with Gasteiger partial charge in [-0.2, -0.15) is 0 Å². The van der Waals surface area contributed by atoms with Crippen molar-refractivity contribution in [1.29, 1.82) is 0 Å². The summed E-state index contributed by atoms with van der Waals surface area (Å²) in [7, 11) is 0. The van der Waals surface area contributed by atoms with Gasteiger partial charge in [-0.05, 0) is 12.8 Å². The van der Waals surface area contributed by atoms with Crippen LogP contribution in [0.4, 0.5) is 0 Å². The Hall–Kier alpha value is -0.610. The quantitative estimate of drug-likeness (QED) is 0.653. The van der Waals surface area contributed by atoms with Crippen molar-refractivity contribution in [2.24, 2.45) is 0 Å². The van der Waals surface area contributed by atoms with E-state index in [2.05, 4.69) is 12.2 Å². The van der Waals surface area contributed by atoms with Gasteiger partial charge in [-0.25, -0.2) is 0 Å². The maximum absolute atomic E-state index is 11.1. The highest BCUT2D eigenvalue weighted by atomic mass is 16.6. The van der Waals surface area contributed by atoms with Gasteiger partial charge in [-0.3, -0.25) is 4.79 Å². The first-order chi connectivity index (χ1) is 6.72. The molecule has 14 heavy (non-hydrogen) atoms. The molecule has 1 aliphatic heterocycles. The van der Waals surface area contributed by atoms with Crippen LogP contribution in [-0.4, -0.2) is 31.5 Å². The number of hydrogen-bond acceptors (Lipinski definition) is 3. The van der Waals surface area contributed by atoms with E-state index in [1.165, 1.54) is 0 Å². The predicted octanol–water partition coefficient (Wildman–Crippen LogP) is 1.06. The van der Waals surface area contributed by atoms with E-state index in [1.54, 1.807) is 0 Å². The Bertz CT molecular complexity index is 184. The van der Waals surface area contributed by atoms with Crippen LogP contribution in [0.25, 0.3) is 0 Å². The van der Waals surface area contributed by atoms with Crippen LogP contribution in [0.5, 0.6) is 0 Å². The predicted molar refractivity (Wildman–Crippen MR) is 52.8 cm³/mol. The minimum absolute atomic E-state index is 0.0546. The summed E-state index contributed by atoms with van der Waals surface area (Å²) in [5.41, 5.74) is -0.139. The minimum Gasteiger partial charge on any atom is -0.375 e. The zero-order valence-corrected chi connectivity index (χ0v) is 8.97. The molecule has 0 aromatic heterocycles. The first-order valence-electron chi connectivity index (χ1n) is 5.21. The molecule has 0 aromatic rings. The fourth-order valence-electron chi connectivity index (χ4n) is 1.30. The van der Waals surface area contributed by atoms with Crippen LogP contribution in [0.1, 0.15) is 33.1 Å². The summed E-state index contributed by atoms with van der Waals surface area (Å²) < 4.78 is 10.7. The molecule has 0 atom stereocenters. The summed E-state index contributed by atoms with van der Waals surface area (Å²) >= 11 is 0. The first kappa shape index (κ1) is 11.5. The van der Waals surface area contributed by atoms with Crippen molar-refractivity contribution in [2.45, 2.75) is 38.7 Å². The number of nitrogens with one attached hydrogen (secondary N) is 1. The standard InChI is InChI=1S/C10H19NO3/c1-3-5-9(12)11-8-14-10(4-2)6-13-7-10/h3-8H2,1-2H3,(H,11,12). The zero-order valence-electron chi connectivity index (χ0n) is 8.97. The lowest BCUT2D eigenvalue weighted by Crippen LogP contribution is -2.53. The maximum atomic E-state index is 11.1. The average Bonchev–Trinajstić information content (AvgIpc) is 2.10. The van der Waals surface area contributed by atoms with Crippen LogP contribution in [0, 0.1) is 0 Å². The number of carbonyl (C=O) groups excluding carboxylic acids is 1. The molecule has 0 aromatic carbocycles. The second kappa shape index (κ2) is 5.32. The molecule has 1 amide bonds. The van der Waals surface area contributed by atoms with Crippen molar-refractivity contribution in [3.63, 3.8) is 0 Å².